The lowest BCUT2D eigenvalue weighted by Gasteiger charge is -2.55. The van der Waals surface area contributed by atoms with Gasteiger partial charge in [0.15, 0.2) is 0 Å². The SMILES string of the molecule is CCCCCCCCCCCCCCCCCC(=O)OC1CCN(C)C(C)(C)C1(C)C. The summed E-state index contributed by atoms with van der Waals surface area (Å²) in [7, 11) is 2.18. The van der Waals surface area contributed by atoms with Crippen LogP contribution in [0.25, 0.3) is 0 Å². The first-order valence-corrected chi connectivity index (χ1v) is 13.6. The van der Waals surface area contributed by atoms with Crippen molar-refractivity contribution >= 4 is 5.97 Å². The van der Waals surface area contributed by atoms with Crippen molar-refractivity contribution < 1.29 is 9.53 Å². The van der Waals surface area contributed by atoms with E-state index in [1.54, 1.807) is 0 Å². The number of ether oxygens (including phenoxy) is 1. The molecule has 0 aliphatic carbocycles. The third-order valence-corrected chi connectivity index (χ3v) is 8.32. The number of hydrogen-bond donors (Lipinski definition) is 0. The predicted molar refractivity (Wildman–Crippen MR) is 135 cm³/mol. The Morgan fingerprint density at radius 3 is 1.65 bits per heavy atom. The highest BCUT2D eigenvalue weighted by Gasteiger charge is 2.50. The molecular formula is C28H55NO2. The second kappa shape index (κ2) is 15.3. The van der Waals surface area contributed by atoms with Crippen molar-refractivity contribution in [1.82, 2.24) is 4.90 Å². The molecule has 31 heavy (non-hydrogen) atoms. The third kappa shape index (κ3) is 10.3. The van der Waals surface area contributed by atoms with Crippen molar-refractivity contribution in [2.75, 3.05) is 13.6 Å². The quantitative estimate of drug-likeness (QED) is 0.169. The molecule has 0 aromatic carbocycles. The summed E-state index contributed by atoms with van der Waals surface area (Å²) >= 11 is 0. The summed E-state index contributed by atoms with van der Waals surface area (Å²) in [5.41, 5.74) is -0.00442. The Balaban J connectivity index is 1.97. The van der Waals surface area contributed by atoms with Gasteiger partial charge in [0.2, 0.25) is 0 Å². The van der Waals surface area contributed by atoms with Crippen LogP contribution < -0.4 is 0 Å². The van der Waals surface area contributed by atoms with E-state index in [9.17, 15) is 4.79 Å². The molecule has 1 fully saturated rings. The van der Waals surface area contributed by atoms with Crippen LogP contribution in [0.15, 0.2) is 0 Å². The van der Waals surface area contributed by atoms with Crippen molar-refractivity contribution in [3.8, 4) is 0 Å². The van der Waals surface area contributed by atoms with Gasteiger partial charge in [0.1, 0.15) is 6.10 Å². The molecule has 0 aromatic heterocycles. The summed E-state index contributed by atoms with van der Waals surface area (Å²) < 4.78 is 5.94. The summed E-state index contributed by atoms with van der Waals surface area (Å²) in [6, 6.07) is 0. The van der Waals surface area contributed by atoms with Gasteiger partial charge in [0.05, 0.1) is 0 Å². The van der Waals surface area contributed by atoms with Crippen LogP contribution in [-0.4, -0.2) is 36.1 Å². The fraction of sp³-hybridized carbons (Fsp3) is 0.964. The molecule has 1 atom stereocenters. The lowest BCUT2D eigenvalue weighted by molar-refractivity contribution is -0.171. The van der Waals surface area contributed by atoms with Crippen LogP contribution in [-0.2, 0) is 9.53 Å². The number of unbranched alkanes of at least 4 members (excludes halogenated alkanes) is 14. The van der Waals surface area contributed by atoms with Gasteiger partial charge in [-0.05, 0) is 33.7 Å². The largest absolute Gasteiger partial charge is 0.462 e. The Morgan fingerprint density at radius 2 is 1.19 bits per heavy atom. The molecule has 0 amide bonds. The van der Waals surface area contributed by atoms with Gasteiger partial charge in [-0.3, -0.25) is 4.79 Å². The van der Waals surface area contributed by atoms with Crippen molar-refractivity contribution in [3.63, 3.8) is 0 Å². The van der Waals surface area contributed by atoms with E-state index in [2.05, 4.69) is 46.6 Å². The fourth-order valence-corrected chi connectivity index (χ4v) is 4.90. The summed E-state index contributed by atoms with van der Waals surface area (Å²) in [5, 5.41) is 0. The number of likely N-dealkylation sites (tertiary alicyclic amines) is 1. The highest BCUT2D eigenvalue weighted by Crippen LogP contribution is 2.44. The minimum atomic E-state index is -0.0370. The van der Waals surface area contributed by atoms with Gasteiger partial charge >= 0.3 is 5.97 Å². The smallest absolute Gasteiger partial charge is 0.306 e. The van der Waals surface area contributed by atoms with Crippen LogP contribution in [0.5, 0.6) is 0 Å². The maximum Gasteiger partial charge on any atom is 0.306 e. The highest BCUT2D eigenvalue weighted by atomic mass is 16.5. The van der Waals surface area contributed by atoms with Gasteiger partial charge in [-0.1, -0.05) is 111 Å². The molecule has 0 radical (unpaired) electrons. The standard InChI is InChI=1S/C28H55NO2/c1-7-8-9-10-11-12-13-14-15-16-17-18-19-20-21-22-26(30)31-25-23-24-29(6)28(4,5)27(25,2)3/h25H,7-24H2,1-6H3. The van der Waals surface area contributed by atoms with Gasteiger partial charge in [0.25, 0.3) is 0 Å². The minimum Gasteiger partial charge on any atom is -0.462 e. The Labute approximate surface area is 195 Å². The van der Waals surface area contributed by atoms with Gasteiger partial charge in [0, 0.05) is 23.9 Å². The van der Waals surface area contributed by atoms with E-state index in [1.807, 2.05) is 0 Å². The first-order chi connectivity index (χ1) is 14.7. The lowest BCUT2D eigenvalue weighted by Crippen LogP contribution is -2.62. The zero-order chi connectivity index (χ0) is 23.2. The maximum absolute atomic E-state index is 12.4. The molecule has 0 aromatic rings. The van der Waals surface area contributed by atoms with Crippen LogP contribution in [0.3, 0.4) is 0 Å². The van der Waals surface area contributed by atoms with E-state index >= 15 is 0 Å². The summed E-state index contributed by atoms with van der Waals surface area (Å²) in [6.07, 6.45) is 21.8. The molecule has 1 saturated heterocycles. The zero-order valence-corrected chi connectivity index (χ0v) is 22.1. The van der Waals surface area contributed by atoms with Crippen molar-refractivity contribution in [1.29, 1.82) is 0 Å². The molecule has 0 spiro atoms. The van der Waals surface area contributed by atoms with E-state index in [4.69, 9.17) is 4.74 Å². The Bertz CT molecular complexity index is 472. The Morgan fingerprint density at radius 1 is 0.774 bits per heavy atom. The van der Waals surface area contributed by atoms with Crippen molar-refractivity contribution in [2.45, 2.75) is 155 Å². The van der Waals surface area contributed by atoms with Crippen LogP contribution in [0.1, 0.15) is 144 Å². The summed E-state index contributed by atoms with van der Waals surface area (Å²) in [6.45, 7) is 12.3. The molecular weight excluding hydrogens is 382 g/mol. The molecule has 3 nitrogen and oxygen atoms in total. The topological polar surface area (TPSA) is 29.5 Å². The molecule has 1 aliphatic rings. The Kier molecular flexibility index (Phi) is 14.0. The average molecular weight is 438 g/mol. The maximum atomic E-state index is 12.4. The number of piperidine rings is 1. The number of esters is 1. The molecule has 1 heterocycles. The van der Waals surface area contributed by atoms with E-state index in [1.165, 1.54) is 83.5 Å². The monoisotopic (exact) mass is 437 g/mol. The molecule has 3 heteroatoms. The number of carbonyl (C=O) groups excluding carboxylic acids is 1. The molecule has 0 N–H and O–H groups in total. The second-order valence-electron chi connectivity index (χ2n) is 11.2. The predicted octanol–water partition coefficient (Wildman–Crippen LogP) is 8.30. The minimum absolute atomic E-state index is 0.00752. The van der Waals surface area contributed by atoms with Crippen LogP contribution in [0.2, 0.25) is 0 Å². The molecule has 1 unspecified atom stereocenters. The van der Waals surface area contributed by atoms with Gasteiger partial charge in [-0.2, -0.15) is 0 Å². The van der Waals surface area contributed by atoms with E-state index in [0.717, 1.165) is 25.8 Å². The van der Waals surface area contributed by atoms with E-state index in [-0.39, 0.29) is 23.0 Å². The Hall–Kier alpha value is -0.570. The van der Waals surface area contributed by atoms with E-state index < -0.39 is 0 Å². The highest BCUT2D eigenvalue weighted by molar-refractivity contribution is 5.69. The fourth-order valence-electron chi connectivity index (χ4n) is 4.90. The summed E-state index contributed by atoms with van der Waals surface area (Å²) in [4.78, 5) is 14.8. The summed E-state index contributed by atoms with van der Waals surface area (Å²) in [5.74, 6) is 0.00752. The second-order valence-corrected chi connectivity index (χ2v) is 11.2. The van der Waals surface area contributed by atoms with Crippen molar-refractivity contribution in [3.05, 3.63) is 0 Å². The first kappa shape index (κ1) is 28.5. The zero-order valence-electron chi connectivity index (χ0n) is 22.1. The molecule has 184 valence electrons. The van der Waals surface area contributed by atoms with Crippen molar-refractivity contribution in [2.24, 2.45) is 5.41 Å². The average Bonchev–Trinajstić information content (AvgIpc) is 2.72. The molecule has 0 bridgehead atoms. The lowest BCUT2D eigenvalue weighted by atomic mass is 9.66. The van der Waals surface area contributed by atoms with Gasteiger partial charge < -0.3 is 9.64 Å². The van der Waals surface area contributed by atoms with E-state index in [0.29, 0.717) is 6.42 Å². The van der Waals surface area contributed by atoms with Crippen LogP contribution in [0, 0.1) is 5.41 Å². The molecule has 0 saturated carbocycles. The first-order valence-electron chi connectivity index (χ1n) is 13.6. The number of carbonyl (C=O) groups is 1. The molecule has 1 aliphatic heterocycles. The van der Waals surface area contributed by atoms with Crippen LogP contribution >= 0.6 is 0 Å². The molecule has 1 rings (SSSR count). The van der Waals surface area contributed by atoms with Crippen LogP contribution in [0.4, 0.5) is 0 Å². The van der Waals surface area contributed by atoms with Gasteiger partial charge in [-0.25, -0.2) is 0 Å². The number of rotatable bonds is 17. The number of nitrogens with zero attached hydrogens (tertiary/aromatic N) is 1. The number of hydrogen-bond acceptors (Lipinski definition) is 3. The third-order valence-electron chi connectivity index (χ3n) is 8.32. The normalized spacial score (nSPS) is 20.6. The van der Waals surface area contributed by atoms with Gasteiger partial charge in [-0.15, -0.1) is 0 Å².